The van der Waals surface area contributed by atoms with Gasteiger partial charge in [-0.25, -0.2) is 4.58 Å². The Morgan fingerprint density at radius 1 is 0.897 bits per heavy atom. The molecule has 0 radical (unpaired) electrons. The van der Waals surface area contributed by atoms with E-state index in [4.69, 9.17) is 0 Å². The predicted molar refractivity (Wildman–Crippen MR) is 121 cm³/mol. The zero-order chi connectivity index (χ0) is 20.1. The first-order valence-electron chi connectivity index (χ1n) is 11.4. The molecule has 0 fully saturated rings. The molecular weight excluding hydrogens is 352 g/mol. The molecule has 0 bridgehead atoms. The monoisotopic (exact) mass is 385 g/mol. The Morgan fingerprint density at radius 3 is 2.17 bits per heavy atom. The lowest BCUT2D eigenvalue weighted by Crippen LogP contribution is -2.41. The van der Waals surface area contributed by atoms with E-state index in [0.29, 0.717) is 30.1 Å². The van der Waals surface area contributed by atoms with Gasteiger partial charge in [-0.2, -0.15) is 0 Å². The Labute approximate surface area is 175 Å². The average molecular weight is 386 g/mol. The Hall–Kier alpha value is -2.35. The van der Waals surface area contributed by atoms with Gasteiger partial charge in [0.05, 0.1) is 12.0 Å². The van der Waals surface area contributed by atoms with Crippen molar-refractivity contribution in [1.29, 1.82) is 0 Å². The van der Waals surface area contributed by atoms with Gasteiger partial charge in [0.1, 0.15) is 6.04 Å². The summed E-state index contributed by atoms with van der Waals surface area (Å²) < 4.78 is 2.81. The molecule has 2 aromatic rings. The normalized spacial score (nSPS) is 25.4. The van der Waals surface area contributed by atoms with Crippen LogP contribution in [0.15, 0.2) is 60.7 Å². The van der Waals surface area contributed by atoms with Crippen LogP contribution in [0, 0.1) is 5.92 Å². The molecule has 1 aliphatic heterocycles. The van der Waals surface area contributed by atoms with Crippen molar-refractivity contribution in [3.05, 3.63) is 71.8 Å². The van der Waals surface area contributed by atoms with E-state index in [9.17, 15) is 0 Å². The van der Waals surface area contributed by atoms with E-state index in [1.807, 2.05) is 0 Å². The quantitative estimate of drug-likeness (QED) is 0.441. The van der Waals surface area contributed by atoms with E-state index in [1.165, 1.54) is 47.4 Å². The second-order valence-electron chi connectivity index (χ2n) is 9.41. The summed E-state index contributed by atoms with van der Waals surface area (Å²) in [6.07, 6.45) is 8.66. The van der Waals surface area contributed by atoms with Crippen LogP contribution in [0.25, 0.3) is 11.1 Å². The number of amidine groups is 1. The summed E-state index contributed by atoms with van der Waals surface area (Å²) in [6.45, 7) is 9.48. The minimum Gasteiger partial charge on any atom is -0.252 e. The smallest absolute Gasteiger partial charge is 0.251 e. The van der Waals surface area contributed by atoms with Crippen molar-refractivity contribution in [2.24, 2.45) is 5.92 Å². The number of nitrogens with zero attached hydrogens (tertiary/aromatic N) is 2. The van der Waals surface area contributed by atoms with Crippen LogP contribution < -0.4 is 0 Å². The van der Waals surface area contributed by atoms with E-state index in [0.717, 1.165) is 0 Å². The van der Waals surface area contributed by atoms with Gasteiger partial charge in [-0.05, 0) is 50.3 Å². The summed E-state index contributed by atoms with van der Waals surface area (Å²) in [6, 6.07) is 20.0. The molecule has 150 valence electrons. The van der Waals surface area contributed by atoms with Crippen molar-refractivity contribution in [1.82, 2.24) is 4.90 Å². The van der Waals surface area contributed by atoms with Gasteiger partial charge in [0.25, 0.3) is 5.84 Å². The summed E-state index contributed by atoms with van der Waals surface area (Å²) in [5.74, 6) is 2.02. The second kappa shape index (κ2) is 7.16. The van der Waals surface area contributed by atoms with Gasteiger partial charge in [-0.3, -0.25) is 4.90 Å². The van der Waals surface area contributed by atoms with Crippen molar-refractivity contribution in [3.8, 4) is 11.1 Å². The number of benzene rings is 2. The highest BCUT2D eigenvalue weighted by atomic mass is 15.4. The molecule has 2 nitrogen and oxygen atoms in total. The molecule has 0 saturated carbocycles. The lowest BCUT2D eigenvalue weighted by atomic mass is 9.78. The molecule has 0 N–H and O–H groups in total. The van der Waals surface area contributed by atoms with Crippen LogP contribution in [0.4, 0.5) is 0 Å². The number of allylic oxidation sites excluding steroid dienone is 1. The summed E-state index contributed by atoms with van der Waals surface area (Å²) in [5, 5.41) is 0. The first kappa shape index (κ1) is 18.7. The Balaban J connectivity index is 1.81. The number of hydrogen-bond acceptors (Lipinski definition) is 1. The van der Waals surface area contributed by atoms with Crippen LogP contribution in [0.3, 0.4) is 0 Å². The van der Waals surface area contributed by atoms with Crippen LogP contribution in [-0.2, 0) is 0 Å². The van der Waals surface area contributed by atoms with E-state index in [1.54, 1.807) is 0 Å². The minimum absolute atomic E-state index is 0.383. The van der Waals surface area contributed by atoms with Crippen molar-refractivity contribution in [3.63, 3.8) is 0 Å². The van der Waals surface area contributed by atoms with E-state index < -0.39 is 0 Å². The molecule has 5 rings (SSSR count). The third-order valence-corrected chi connectivity index (χ3v) is 6.94. The average Bonchev–Trinajstić information content (AvgIpc) is 3.12. The van der Waals surface area contributed by atoms with E-state index in [2.05, 4.69) is 97.9 Å². The van der Waals surface area contributed by atoms with Crippen molar-refractivity contribution in [2.75, 3.05) is 0 Å². The maximum Gasteiger partial charge on any atom is 0.251 e. The van der Waals surface area contributed by atoms with Gasteiger partial charge in [0, 0.05) is 11.1 Å². The first-order valence-corrected chi connectivity index (χ1v) is 11.4. The van der Waals surface area contributed by atoms with E-state index in [-0.39, 0.29) is 0 Å². The molecule has 3 atom stereocenters. The minimum atomic E-state index is 0.383. The molecule has 0 amide bonds. The number of fused-ring (bicyclic) bond motifs is 6. The molecule has 3 aliphatic rings. The van der Waals surface area contributed by atoms with Gasteiger partial charge < -0.3 is 0 Å². The fourth-order valence-electron chi connectivity index (χ4n) is 5.95. The fourth-order valence-corrected chi connectivity index (χ4v) is 5.95. The first-order chi connectivity index (χ1) is 14.1. The molecule has 0 saturated heterocycles. The lowest BCUT2D eigenvalue weighted by Gasteiger charge is -2.34. The summed E-state index contributed by atoms with van der Waals surface area (Å²) in [7, 11) is 0. The van der Waals surface area contributed by atoms with Crippen molar-refractivity contribution in [2.45, 2.75) is 71.1 Å². The Bertz CT molecular complexity index is 982. The van der Waals surface area contributed by atoms with Crippen molar-refractivity contribution >= 4 is 5.84 Å². The maximum absolute atomic E-state index is 2.81. The van der Waals surface area contributed by atoms with Crippen LogP contribution in [0.5, 0.6) is 0 Å². The summed E-state index contributed by atoms with van der Waals surface area (Å²) in [5.41, 5.74) is 5.82. The topological polar surface area (TPSA) is 6.25 Å². The third-order valence-electron chi connectivity index (χ3n) is 6.94. The zero-order valence-corrected chi connectivity index (χ0v) is 18.2. The fraction of sp³-hybridized carbons (Fsp3) is 0.444. The molecule has 2 aliphatic carbocycles. The molecule has 0 unspecified atom stereocenters. The number of rotatable bonds is 3. The predicted octanol–water partition coefficient (Wildman–Crippen LogP) is 6.35. The molecule has 1 heterocycles. The highest BCUT2D eigenvalue weighted by Gasteiger charge is 2.55. The van der Waals surface area contributed by atoms with Crippen LogP contribution in [-0.4, -0.2) is 27.4 Å². The van der Waals surface area contributed by atoms with Gasteiger partial charge in [-0.15, -0.1) is 0 Å². The van der Waals surface area contributed by atoms with Gasteiger partial charge >= 0.3 is 0 Å². The van der Waals surface area contributed by atoms with Gasteiger partial charge in [0.15, 0.2) is 12.1 Å². The Kier molecular flexibility index (Phi) is 4.61. The Morgan fingerprint density at radius 2 is 1.55 bits per heavy atom. The van der Waals surface area contributed by atoms with Crippen LogP contribution in [0.1, 0.15) is 70.2 Å². The molecule has 2 heteroatoms. The molecule has 0 aromatic heterocycles. The molecule has 2 aromatic carbocycles. The maximum atomic E-state index is 2.81. The highest BCUT2D eigenvalue weighted by molar-refractivity contribution is 5.85. The van der Waals surface area contributed by atoms with Gasteiger partial charge in [0.2, 0.25) is 0 Å². The molecule has 0 spiro atoms. The zero-order valence-electron chi connectivity index (χ0n) is 18.2. The molecular formula is C27H33N2+. The van der Waals surface area contributed by atoms with Crippen LogP contribution in [0.2, 0.25) is 0 Å². The second-order valence-corrected chi connectivity index (χ2v) is 9.41. The van der Waals surface area contributed by atoms with Crippen LogP contribution >= 0.6 is 0 Å². The van der Waals surface area contributed by atoms with Crippen molar-refractivity contribution < 1.29 is 4.58 Å². The largest absolute Gasteiger partial charge is 0.252 e. The summed E-state index contributed by atoms with van der Waals surface area (Å²) in [4.78, 5) is 2.74. The van der Waals surface area contributed by atoms with E-state index >= 15 is 0 Å². The van der Waals surface area contributed by atoms with Gasteiger partial charge in [-0.1, -0.05) is 68.5 Å². The SMILES string of the molecule is CC(C)C1=[N+]([C@H]2C=CCCC2)[C@@H]2c3ccccc3-c3ccccc3[C@@H]2N1C(C)C. The summed E-state index contributed by atoms with van der Waals surface area (Å²) >= 11 is 0. The number of hydrogen-bond donors (Lipinski definition) is 0. The standard InChI is InChI=1S/C27H33N2/c1-18(2)27-28(19(3)4)25-23-16-10-8-14-21(23)22-15-9-11-17-24(22)26(25)29(27)20-12-6-5-7-13-20/h6,8-12,14-20,25-26H,5,7,13H2,1-4H3/q+1/t20-,25-,26+/m0/s1. The molecule has 29 heavy (non-hydrogen) atoms. The highest BCUT2D eigenvalue weighted by Crippen LogP contribution is 2.53. The lowest BCUT2D eigenvalue weighted by molar-refractivity contribution is -0.595. The third kappa shape index (κ3) is 2.79.